The summed E-state index contributed by atoms with van der Waals surface area (Å²) >= 11 is 1.44. The second-order valence-electron chi connectivity index (χ2n) is 5.54. The minimum atomic E-state index is -0.234. The van der Waals surface area contributed by atoms with Crippen LogP contribution in [0.2, 0.25) is 0 Å². The van der Waals surface area contributed by atoms with Crippen LogP contribution < -0.4 is 0 Å². The van der Waals surface area contributed by atoms with Crippen LogP contribution in [0.4, 0.5) is 0 Å². The van der Waals surface area contributed by atoms with Crippen LogP contribution in [0.1, 0.15) is 12.7 Å². The largest absolute Gasteiger partial charge is 0.359 e. The summed E-state index contributed by atoms with van der Waals surface area (Å²) in [5.74, 6) is 0.648. The summed E-state index contributed by atoms with van der Waals surface area (Å²) in [5.41, 5.74) is 1.66. The highest BCUT2D eigenvalue weighted by molar-refractivity contribution is 8.00. The lowest BCUT2D eigenvalue weighted by atomic mass is 10.2. The van der Waals surface area contributed by atoms with E-state index in [1.807, 2.05) is 43.3 Å². The zero-order valence-corrected chi connectivity index (χ0v) is 14.8. The maximum Gasteiger partial charge on any atom is 0.235 e. The van der Waals surface area contributed by atoms with E-state index in [-0.39, 0.29) is 11.2 Å². The van der Waals surface area contributed by atoms with Gasteiger partial charge in [-0.3, -0.25) is 9.78 Å². The van der Waals surface area contributed by atoms with Crippen molar-refractivity contribution in [2.45, 2.75) is 23.7 Å². The van der Waals surface area contributed by atoms with Gasteiger partial charge in [0.25, 0.3) is 0 Å². The summed E-state index contributed by atoms with van der Waals surface area (Å²) in [7, 11) is 1.76. The van der Waals surface area contributed by atoms with Gasteiger partial charge >= 0.3 is 0 Å². The van der Waals surface area contributed by atoms with Crippen LogP contribution in [0.3, 0.4) is 0 Å². The number of rotatable bonds is 6. The predicted molar refractivity (Wildman–Crippen MR) is 95.8 cm³/mol. The molecule has 0 aliphatic heterocycles. The van der Waals surface area contributed by atoms with Crippen molar-refractivity contribution in [3.63, 3.8) is 0 Å². The number of hydrogen-bond acceptors (Lipinski definition) is 6. The topological polar surface area (TPSA) is 72.1 Å². The van der Waals surface area contributed by atoms with Gasteiger partial charge < -0.3 is 9.42 Å². The van der Waals surface area contributed by atoms with Crippen LogP contribution in [-0.2, 0) is 11.3 Å². The molecule has 1 amide bonds. The molecule has 3 aromatic rings. The van der Waals surface area contributed by atoms with Gasteiger partial charge in [0.2, 0.25) is 5.91 Å². The molecule has 0 aliphatic carbocycles. The van der Waals surface area contributed by atoms with Gasteiger partial charge in [0, 0.05) is 37.3 Å². The molecule has 0 fully saturated rings. The Labute approximate surface area is 150 Å². The van der Waals surface area contributed by atoms with Gasteiger partial charge in [-0.25, -0.2) is 4.98 Å². The minimum Gasteiger partial charge on any atom is -0.359 e. The molecule has 0 aliphatic rings. The number of carbonyl (C=O) groups excluding carboxylic acids is 1. The smallest absolute Gasteiger partial charge is 0.235 e. The molecule has 6 nitrogen and oxygen atoms in total. The zero-order chi connectivity index (χ0) is 17.6. The van der Waals surface area contributed by atoms with E-state index in [1.54, 1.807) is 30.5 Å². The van der Waals surface area contributed by atoms with E-state index in [4.69, 9.17) is 4.52 Å². The maximum absolute atomic E-state index is 12.5. The third-order valence-electron chi connectivity index (χ3n) is 3.59. The average Bonchev–Trinajstić information content (AvgIpc) is 3.11. The Morgan fingerprint density at radius 1 is 1.24 bits per heavy atom. The van der Waals surface area contributed by atoms with Crippen molar-refractivity contribution in [3.8, 4) is 11.3 Å². The van der Waals surface area contributed by atoms with E-state index in [2.05, 4.69) is 15.1 Å². The Kier molecular flexibility index (Phi) is 5.45. The van der Waals surface area contributed by atoms with Crippen LogP contribution in [0.15, 0.2) is 64.5 Å². The highest BCUT2D eigenvalue weighted by Crippen LogP contribution is 2.23. The summed E-state index contributed by atoms with van der Waals surface area (Å²) in [4.78, 5) is 22.4. The summed E-state index contributed by atoms with van der Waals surface area (Å²) in [5, 5.41) is 4.65. The van der Waals surface area contributed by atoms with Gasteiger partial charge in [-0.1, -0.05) is 23.0 Å². The highest BCUT2D eigenvalue weighted by Gasteiger charge is 2.20. The summed E-state index contributed by atoms with van der Waals surface area (Å²) in [6, 6.07) is 11.2. The van der Waals surface area contributed by atoms with Crippen LogP contribution >= 0.6 is 11.8 Å². The first-order valence-corrected chi connectivity index (χ1v) is 8.70. The first kappa shape index (κ1) is 17.2. The first-order valence-electron chi connectivity index (χ1n) is 7.82. The van der Waals surface area contributed by atoms with E-state index in [1.165, 1.54) is 11.8 Å². The molecule has 0 bridgehead atoms. The monoisotopic (exact) mass is 354 g/mol. The summed E-state index contributed by atoms with van der Waals surface area (Å²) in [6.07, 6.45) is 5.13. The standard InChI is InChI=1S/C18H18N4O2S/c1-13(25-17-5-3-4-8-20-17)18(23)22(2)12-15-11-16(21-24-15)14-6-9-19-10-7-14/h3-11,13H,12H2,1-2H3. The minimum absolute atomic E-state index is 0.0116. The molecule has 3 rings (SSSR count). The highest BCUT2D eigenvalue weighted by atomic mass is 32.2. The van der Waals surface area contributed by atoms with Crippen LogP contribution in [0.25, 0.3) is 11.3 Å². The third-order valence-corrected chi connectivity index (χ3v) is 4.63. The number of hydrogen-bond donors (Lipinski definition) is 0. The fraction of sp³-hybridized carbons (Fsp3) is 0.222. The number of carbonyl (C=O) groups is 1. The number of aromatic nitrogens is 3. The van der Waals surface area contributed by atoms with Crippen molar-refractivity contribution in [1.82, 2.24) is 20.0 Å². The molecule has 7 heteroatoms. The first-order chi connectivity index (χ1) is 12.1. The molecular weight excluding hydrogens is 336 g/mol. The van der Waals surface area contributed by atoms with Crippen molar-refractivity contribution in [2.24, 2.45) is 0 Å². The van der Waals surface area contributed by atoms with Gasteiger partial charge in [-0.05, 0) is 31.2 Å². The molecule has 25 heavy (non-hydrogen) atoms. The molecule has 0 spiro atoms. The van der Waals surface area contributed by atoms with E-state index < -0.39 is 0 Å². The van der Waals surface area contributed by atoms with Gasteiger partial charge in [-0.2, -0.15) is 0 Å². The Hall–Kier alpha value is -2.67. The van der Waals surface area contributed by atoms with Gasteiger partial charge in [0.15, 0.2) is 5.76 Å². The van der Waals surface area contributed by atoms with Crippen LogP contribution in [0.5, 0.6) is 0 Å². The molecule has 0 saturated heterocycles. The Balaban J connectivity index is 1.61. The predicted octanol–water partition coefficient (Wildman–Crippen LogP) is 3.27. The molecule has 0 saturated carbocycles. The van der Waals surface area contributed by atoms with E-state index >= 15 is 0 Å². The van der Waals surface area contributed by atoms with Crippen LogP contribution in [-0.4, -0.2) is 38.2 Å². The molecule has 3 heterocycles. The molecular formula is C18H18N4O2S. The molecule has 0 N–H and O–H groups in total. The number of nitrogens with zero attached hydrogens (tertiary/aromatic N) is 4. The quantitative estimate of drug-likeness (QED) is 0.633. The lowest BCUT2D eigenvalue weighted by Crippen LogP contribution is -2.32. The summed E-state index contributed by atoms with van der Waals surface area (Å²) in [6.45, 7) is 2.24. The number of pyridine rings is 2. The average molecular weight is 354 g/mol. The van der Waals surface area contributed by atoms with Gasteiger partial charge in [0.1, 0.15) is 5.69 Å². The lowest BCUT2D eigenvalue weighted by Gasteiger charge is -2.19. The molecule has 0 aromatic carbocycles. The van der Waals surface area contributed by atoms with E-state index in [0.717, 1.165) is 16.3 Å². The molecule has 0 radical (unpaired) electrons. The SMILES string of the molecule is CC(Sc1ccccn1)C(=O)N(C)Cc1cc(-c2ccncc2)no1. The maximum atomic E-state index is 12.5. The second-order valence-corrected chi connectivity index (χ2v) is 6.90. The Morgan fingerprint density at radius 2 is 2.04 bits per heavy atom. The Bertz CT molecular complexity index is 823. The zero-order valence-electron chi connectivity index (χ0n) is 14.0. The normalized spacial score (nSPS) is 11.9. The third kappa shape index (κ3) is 4.45. The van der Waals surface area contributed by atoms with Crippen molar-refractivity contribution in [2.75, 3.05) is 7.05 Å². The fourth-order valence-electron chi connectivity index (χ4n) is 2.32. The van der Waals surface area contributed by atoms with Crippen molar-refractivity contribution in [1.29, 1.82) is 0 Å². The second kappa shape index (κ2) is 7.94. The molecule has 1 atom stereocenters. The molecule has 3 aromatic heterocycles. The van der Waals surface area contributed by atoms with Crippen molar-refractivity contribution < 1.29 is 9.32 Å². The van der Waals surface area contributed by atoms with E-state index in [0.29, 0.717) is 12.3 Å². The number of thioether (sulfide) groups is 1. The van der Waals surface area contributed by atoms with Gasteiger partial charge in [0.05, 0.1) is 16.8 Å². The van der Waals surface area contributed by atoms with Crippen molar-refractivity contribution >= 4 is 17.7 Å². The van der Waals surface area contributed by atoms with E-state index in [9.17, 15) is 4.79 Å². The fourth-order valence-corrected chi connectivity index (χ4v) is 3.24. The van der Waals surface area contributed by atoms with Gasteiger partial charge in [-0.15, -0.1) is 0 Å². The van der Waals surface area contributed by atoms with Crippen LogP contribution in [0, 0.1) is 0 Å². The molecule has 1 unspecified atom stereocenters. The summed E-state index contributed by atoms with van der Waals surface area (Å²) < 4.78 is 5.35. The lowest BCUT2D eigenvalue weighted by molar-refractivity contribution is -0.129. The number of amides is 1. The van der Waals surface area contributed by atoms with Crippen molar-refractivity contribution in [3.05, 3.63) is 60.7 Å². The Morgan fingerprint density at radius 3 is 2.76 bits per heavy atom. The molecule has 128 valence electrons.